The lowest BCUT2D eigenvalue weighted by atomic mass is 9.77. The Balaban J connectivity index is 2.63. The van der Waals surface area contributed by atoms with Gasteiger partial charge in [-0.25, -0.2) is 12.7 Å². The van der Waals surface area contributed by atoms with Gasteiger partial charge in [-0.15, -0.1) is 0 Å². The predicted octanol–water partition coefficient (Wildman–Crippen LogP) is 2.85. The first kappa shape index (κ1) is 18.9. The second kappa shape index (κ2) is 7.93. The molecule has 0 bridgehead atoms. The molecule has 1 heterocycles. The molecule has 21 heavy (non-hydrogen) atoms. The molecule has 1 saturated heterocycles. The Morgan fingerprint density at radius 3 is 2.48 bits per heavy atom. The molecule has 2 atom stereocenters. The fraction of sp³-hybridized carbons (Fsp3) is 1.00. The molecule has 1 aliphatic rings. The summed E-state index contributed by atoms with van der Waals surface area (Å²) in [5.74, 6) is 0.617. The summed E-state index contributed by atoms with van der Waals surface area (Å²) in [6.07, 6.45) is 4.13. The van der Waals surface area contributed by atoms with Crippen molar-refractivity contribution >= 4 is 10.0 Å². The predicted molar refractivity (Wildman–Crippen MR) is 89.9 cm³/mol. The van der Waals surface area contributed by atoms with E-state index in [9.17, 15) is 8.42 Å². The average molecular weight is 319 g/mol. The number of hydrogen-bond donors (Lipinski definition) is 1. The molecule has 0 amide bonds. The SMILES string of the molecule is CCCNCC(C)S(=O)(=O)N1CCCC(C(C)(C)C)CC1. The van der Waals surface area contributed by atoms with E-state index < -0.39 is 10.0 Å². The number of rotatable bonds is 6. The van der Waals surface area contributed by atoms with Crippen LogP contribution in [0.5, 0.6) is 0 Å². The minimum Gasteiger partial charge on any atom is -0.315 e. The van der Waals surface area contributed by atoms with Crippen molar-refractivity contribution in [2.45, 2.75) is 65.6 Å². The van der Waals surface area contributed by atoms with E-state index in [-0.39, 0.29) is 10.7 Å². The van der Waals surface area contributed by atoms with Gasteiger partial charge in [0, 0.05) is 19.6 Å². The number of nitrogens with zero attached hydrogens (tertiary/aromatic N) is 1. The van der Waals surface area contributed by atoms with Gasteiger partial charge in [0.15, 0.2) is 0 Å². The quantitative estimate of drug-likeness (QED) is 0.766. The van der Waals surface area contributed by atoms with E-state index in [1.807, 2.05) is 6.92 Å². The molecule has 0 aromatic rings. The van der Waals surface area contributed by atoms with Gasteiger partial charge in [0.2, 0.25) is 10.0 Å². The maximum atomic E-state index is 12.7. The number of nitrogens with one attached hydrogen (secondary N) is 1. The summed E-state index contributed by atoms with van der Waals surface area (Å²) in [5, 5.41) is 2.89. The highest BCUT2D eigenvalue weighted by Gasteiger charge is 2.33. The van der Waals surface area contributed by atoms with Gasteiger partial charge in [0.05, 0.1) is 5.25 Å². The molecule has 126 valence electrons. The molecule has 1 rings (SSSR count). The molecule has 0 aliphatic carbocycles. The molecule has 2 unspecified atom stereocenters. The summed E-state index contributed by atoms with van der Waals surface area (Å²) in [6, 6.07) is 0. The van der Waals surface area contributed by atoms with Crippen molar-refractivity contribution in [3.8, 4) is 0 Å². The van der Waals surface area contributed by atoms with Crippen LogP contribution in [0.2, 0.25) is 0 Å². The Morgan fingerprint density at radius 2 is 1.90 bits per heavy atom. The molecule has 4 nitrogen and oxygen atoms in total. The Morgan fingerprint density at radius 1 is 1.24 bits per heavy atom. The fourth-order valence-electron chi connectivity index (χ4n) is 3.03. The first-order valence-corrected chi connectivity index (χ1v) is 9.89. The van der Waals surface area contributed by atoms with Crippen molar-refractivity contribution in [2.75, 3.05) is 26.2 Å². The summed E-state index contributed by atoms with van der Waals surface area (Å²) >= 11 is 0. The van der Waals surface area contributed by atoms with Crippen LogP contribution in [0.4, 0.5) is 0 Å². The van der Waals surface area contributed by atoms with Gasteiger partial charge >= 0.3 is 0 Å². The lowest BCUT2D eigenvalue weighted by molar-refractivity contribution is 0.216. The van der Waals surface area contributed by atoms with E-state index in [0.717, 1.165) is 32.2 Å². The third kappa shape index (κ3) is 5.53. The fourth-order valence-corrected chi connectivity index (χ4v) is 4.61. The average Bonchev–Trinajstić information content (AvgIpc) is 2.64. The minimum atomic E-state index is -3.16. The van der Waals surface area contributed by atoms with Gasteiger partial charge in [-0.1, -0.05) is 27.7 Å². The Labute approximate surface area is 131 Å². The highest BCUT2D eigenvalue weighted by molar-refractivity contribution is 7.89. The van der Waals surface area contributed by atoms with Gasteiger partial charge in [0.25, 0.3) is 0 Å². The zero-order chi connectivity index (χ0) is 16.1. The van der Waals surface area contributed by atoms with Gasteiger partial charge in [-0.05, 0) is 50.5 Å². The van der Waals surface area contributed by atoms with Crippen LogP contribution in [0, 0.1) is 11.3 Å². The molecule has 1 fully saturated rings. The second-order valence-electron chi connectivity index (χ2n) is 7.45. The van der Waals surface area contributed by atoms with Crippen LogP contribution >= 0.6 is 0 Å². The summed E-state index contributed by atoms with van der Waals surface area (Å²) in [7, 11) is -3.16. The number of sulfonamides is 1. The van der Waals surface area contributed by atoms with E-state index >= 15 is 0 Å². The molecular weight excluding hydrogens is 284 g/mol. The first-order valence-electron chi connectivity index (χ1n) is 8.39. The van der Waals surface area contributed by atoms with Crippen LogP contribution < -0.4 is 5.32 Å². The molecule has 1 aliphatic heterocycles. The molecule has 0 spiro atoms. The van der Waals surface area contributed by atoms with Crippen molar-refractivity contribution < 1.29 is 8.42 Å². The highest BCUT2D eigenvalue weighted by Crippen LogP contribution is 2.34. The topological polar surface area (TPSA) is 49.4 Å². The van der Waals surface area contributed by atoms with Crippen molar-refractivity contribution in [1.29, 1.82) is 0 Å². The van der Waals surface area contributed by atoms with Crippen LogP contribution in [-0.4, -0.2) is 44.2 Å². The third-order valence-corrected chi connectivity index (χ3v) is 6.91. The first-order chi connectivity index (χ1) is 9.69. The largest absolute Gasteiger partial charge is 0.315 e. The van der Waals surface area contributed by atoms with Crippen molar-refractivity contribution in [3.05, 3.63) is 0 Å². The molecule has 0 saturated carbocycles. The molecular formula is C16H34N2O2S. The van der Waals surface area contributed by atoms with E-state index in [1.54, 1.807) is 4.31 Å². The normalized spacial score (nSPS) is 23.8. The summed E-state index contributed by atoms with van der Waals surface area (Å²) < 4.78 is 27.1. The van der Waals surface area contributed by atoms with Gasteiger partial charge < -0.3 is 5.32 Å². The lowest BCUT2D eigenvalue weighted by Gasteiger charge is -2.30. The van der Waals surface area contributed by atoms with Crippen LogP contribution in [-0.2, 0) is 10.0 Å². The maximum Gasteiger partial charge on any atom is 0.217 e. The van der Waals surface area contributed by atoms with Crippen LogP contribution in [0.3, 0.4) is 0 Å². The number of hydrogen-bond acceptors (Lipinski definition) is 3. The standard InChI is InChI=1S/C16H34N2O2S/c1-6-10-17-13-14(2)21(19,20)18-11-7-8-15(9-12-18)16(3,4)5/h14-15,17H,6-13H2,1-5H3. The van der Waals surface area contributed by atoms with Gasteiger partial charge in [-0.2, -0.15) is 0 Å². The molecule has 1 N–H and O–H groups in total. The van der Waals surface area contributed by atoms with Crippen molar-refractivity contribution in [1.82, 2.24) is 9.62 Å². The molecule has 0 aromatic heterocycles. The van der Waals surface area contributed by atoms with Crippen LogP contribution in [0.25, 0.3) is 0 Å². The Hall–Kier alpha value is -0.130. The van der Waals surface area contributed by atoms with Crippen LogP contribution in [0.1, 0.15) is 60.3 Å². The Kier molecular flexibility index (Phi) is 7.14. The highest BCUT2D eigenvalue weighted by atomic mass is 32.2. The van der Waals surface area contributed by atoms with Gasteiger partial charge in [0.1, 0.15) is 0 Å². The maximum absolute atomic E-state index is 12.7. The van der Waals surface area contributed by atoms with Crippen molar-refractivity contribution in [3.63, 3.8) is 0 Å². The summed E-state index contributed by atoms with van der Waals surface area (Å²) in [4.78, 5) is 0. The summed E-state index contributed by atoms with van der Waals surface area (Å²) in [5.41, 5.74) is 0.272. The lowest BCUT2D eigenvalue weighted by Crippen LogP contribution is -2.42. The van der Waals surface area contributed by atoms with E-state index in [1.165, 1.54) is 0 Å². The van der Waals surface area contributed by atoms with Crippen molar-refractivity contribution in [2.24, 2.45) is 11.3 Å². The zero-order valence-corrected chi connectivity index (χ0v) is 15.3. The van der Waals surface area contributed by atoms with Gasteiger partial charge in [-0.3, -0.25) is 0 Å². The van der Waals surface area contributed by atoms with E-state index in [0.29, 0.717) is 25.6 Å². The summed E-state index contributed by atoms with van der Waals surface area (Å²) in [6.45, 7) is 13.5. The second-order valence-corrected chi connectivity index (χ2v) is 9.80. The van der Waals surface area contributed by atoms with Crippen LogP contribution in [0.15, 0.2) is 0 Å². The smallest absolute Gasteiger partial charge is 0.217 e. The molecule has 0 radical (unpaired) electrons. The minimum absolute atomic E-state index is 0.272. The third-order valence-electron chi connectivity index (χ3n) is 4.64. The van der Waals surface area contributed by atoms with E-state index in [2.05, 4.69) is 33.0 Å². The molecule has 5 heteroatoms. The zero-order valence-electron chi connectivity index (χ0n) is 14.5. The monoisotopic (exact) mass is 318 g/mol. The molecule has 0 aromatic carbocycles. The van der Waals surface area contributed by atoms with E-state index in [4.69, 9.17) is 0 Å². The Bertz CT molecular complexity index is 401.